The fraction of sp³-hybridized carbons (Fsp3) is 0.273. The lowest BCUT2D eigenvalue weighted by Crippen LogP contribution is -2.11. The first-order valence-electron chi connectivity index (χ1n) is 4.39. The summed E-state index contributed by atoms with van der Waals surface area (Å²) in [5.41, 5.74) is 6.23. The average Bonchev–Trinajstić information content (AvgIpc) is 2.18. The molecule has 2 nitrogen and oxygen atoms in total. The van der Waals surface area contributed by atoms with Gasteiger partial charge in [0.2, 0.25) is 0 Å². The Hall–Kier alpha value is -1.06. The highest BCUT2D eigenvalue weighted by Crippen LogP contribution is 2.25. The second kappa shape index (κ2) is 6.43. The molecule has 0 aromatic heterocycles. The van der Waals surface area contributed by atoms with Gasteiger partial charge in [-0.3, -0.25) is 0 Å². The number of hydrogen-bond acceptors (Lipinski definition) is 2. The first-order chi connectivity index (χ1) is 6.70. The lowest BCUT2D eigenvalue weighted by Gasteiger charge is -2.12. The van der Waals surface area contributed by atoms with Crippen LogP contribution in [0.25, 0.3) is 0 Å². The van der Waals surface area contributed by atoms with Gasteiger partial charge >= 0.3 is 0 Å². The maximum absolute atomic E-state index is 13.6. The van der Waals surface area contributed by atoms with E-state index in [9.17, 15) is 4.39 Å². The highest BCUT2D eigenvalue weighted by Gasteiger charge is 2.13. The van der Waals surface area contributed by atoms with Crippen molar-refractivity contribution < 1.29 is 9.13 Å². The molecule has 0 aliphatic rings. The van der Waals surface area contributed by atoms with E-state index < -0.39 is 0 Å². The molecule has 0 saturated heterocycles. The monoisotopic (exact) mass is 231 g/mol. The fourth-order valence-electron chi connectivity index (χ4n) is 1.28. The van der Waals surface area contributed by atoms with E-state index >= 15 is 0 Å². The van der Waals surface area contributed by atoms with E-state index in [0.29, 0.717) is 12.0 Å². The molecule has 1 atom stereocenters. The maximum atomic E-state index is 13.6. The maximum Gasteiger partial charge on any atom is 0.169 e. The zero-order valence-electron chi connectivity index (χ0n) is 8.57. The number of nitrogens with two attached hydrogens (primary N) is 1. The largest absolute Gasteiger partial charge is 0.494 e. The molecule has 0 saturated carbocycles. The molecular formula is C11H15ClFNO. The number of halogens is 2. The van der Waals surface area contributed by atoms with Gasteiger partial charge in [0.05, 0.1) is 7.11 Å². The molecule has 15 heavy (non-hydrogen) atoms. The van der Waals surface area contributed by atoms with Crippen LogP contribution in [0.3, 0.4) is 0 Å². The SMILES string of the molecule is C=CC[C@H](N)c1cccc(OC)c1F.Cl. The van der Waals surface area contributed by atoms with Crippen LogP contribution in [0.2, 0.25) is 0 Å². The molecule has 0 radical (unpaired) electrons. The normalized spacial score (nSPS) is 11.4. The molecule has 0 aliphatic carbocycles. The van der Waals surface area contributed by atoms with Gasteiger partial charge in [-0.2, -0.15) is 0 Å². The van der Waals surface area contributed by atoms with Gasteiger partial charge in [0.15, 0.2) is 11.6 Å². The zero-order valence-corrected chi connectivity index (χ0v) is 9.39. The van der Waals surface area contributed by atoms with Gasteiger partial charge in [-0.25, -0.2) is 4.39 Å². The highest BCUT2D eigenvalue weighted by molar-refractivity contribution is 5.85. The summed E-state index contributed by atoms with van der Waals surface area (Å²) in [6, 6.07) is 4.59. The summed E-state index contributed by atoms with van der Waals surface area (Å²) in [5.74, 6) is -0.161. The van der Waals surface area contributed by atoms with E-state index in [1.807, 2.05) is 0 Å². The van der Waals surface area contributed by atoms with Crippen molar-refractivity contribution in [2.75, 3.05) is 7.11 Å². The Morgan fingerprint density at radius 1 is 1.60 bits per heavy atom. The van der Waals surface area contributed by atoms with E-state index in [0.717, 1.165) is 0 Å². The van der Waals surface area contributed by atoms with E-state index in [1.165, 1.54) is 7.11 Å². The van der Waals surface area contributed by atoms with Gasteiger partial charge in [0.1, 0.15) is 0 Å². The van der Waals surface area contributed by atoms with Crippen molar-refractivity contribution in [3.05, 3.63) is 42.2 Å². The smallest absolute Gasteiger partial charge is 0.169 e. The van der Waals surface area contributed by atoms with Gasteiger partial charge in [-0.05, 0) is 12.5 Å². The van der Waals surface area contributed by atoms with Gasteiger partial charge < -0.3 is 10.5 Å². The fourth-order valence-corrected chi connectivity index (χ4v) is 1.28. The second-order valence-electron chi connectivity index (χ2n) is 2.99. The lowest BCUT2D eigenvalue weighted by molar-refractivity contribution is 0.382. The average molecular weight is 232 g/mol. The third-order valence-electron chi connectivity index (χ3n) is 2.03. The Morgan fingerprint density at radius 3 is 2.80 bits per heavy atom. The molecular weight excluding hydrogens is 217 g/mol. The number of hydrogen-bond donors (Lipinski definition) is 1. The highest BCUT2D eigenvalue weighted by atomic mass is 35.5. The molecule has 84 valence electrons. The summed E-state index contributed by atoms with van der Waals surface area (Å²) in [6.07, 6.45) is 2.22. The van der Waals surface area contributed by atoms with Crippen LogP contribution in [-0.2, 0) is 0 Å². The third kappa shape index (κ3) is 3.22. The number of methoxy groups -OCH3 is 1. The summed E-state index contributed by atoms with van der Waals surface area (Å²) >= 11 is 0. The van der Waals surface area contributed by atoms with Crippen molar-refractivity contribution in [3.8, 4) is 5.75 Å². The van der Waals surface area contributed by atoms with E-state index in [4.69, 9.17) is 10.5 Å². The van der Waals surface area contributed by atoms with E-state index in [1.54, 1.807) is 24.3 Å². The Kier molecular flexibility index (Phi) is 5.97. The van der Waals surface area contributed by atoms with Crippen molar-refractivity contribution in [2.45, 2.75) is 12.5 Å². The number of ether oxygens (including phenoxy) is 1. The minimum absolute atomic E-state index is 0. The summed E-state index contributed by atoms with van der Waals surface area (Å²) in [5, 5.41) is 0. The second-order valence-corrected chi connectivity index (χ2v) is 2.99. The van der Waals surface area contributed by atoms with Crippen LogP contribution in [0.5, 0.6) is 5.75 Å². The van der Waals surface area contributed by atoms with Crippen LogP contribution in [-0.4, -0.2) is 7.11 Å². The van der Waals surface area contributed by atoms with Crippen LogP contribution in [0.1, 0.15) is 18.0 Å². The Balaban J connectivity index is 0.00000196. The van der Waals surface area contributed by atoms with Crippen molar-refractivity contribution in [1.29, 1.82) is 0 Å². The summed E-state index contributed by atoms with van der Waals surface area (Å²) < 4.78 is 18.5. The zero-order chi connectivity index (χ0) is 10.6. The molecule has 0 amide bonds. The molecule has 2 N–H and O–H groups in total. The Bertz CT molecular complexity index is 330. The minimum Gasteiger partial charge on any atom is -0.494 e. The predicted octanol–water partition coefficient (Wildman–Crippen LogP) is 2.83. The van der Waals surface area contributed by atoms with E-state index in [2.05, 4.69) is 6.58 Å². The quantitative estimate of drug-likeness (QED) is 0.809. The third-order valence-corrected chi connectivity index (χ3v) is 2.03. The standard InChI is InChI=1S/C11H14FNO.ClH/c1-3-5-9(13)8-6-4-7-10(14-2)11(8)12;/h3-4,6-7,9H,1,5,13H2,2H3;1H/t9-;/m0./s1. The first kappa shape index (κ1) is 13.9. The molecule has 0 spiro atoms. The Morgan fingerprint density at radius 2 is 2.27 bits per heavy atom. The van der Waals surface area contributed by atoms with Crippen LogP contribution in [0.4, 0.5) is 4.39 Å². The molecule has 0 heterocycles. The van der Waals surface area contributed by atoms with Gasteiger partial charge in [0.25, 0.3) is 0 Å². The van der Waals surface area contributed by atoms with E-state index in [-0.39, 0.29) is 30.0 Å². The van der Waals surface area contributed by atoms with Crippen LogP contribution < -0.4 is 10.5 Å². The molecule has 1 rings (SSSR count). The van der Waals surface area contributed by atoms with Gasteiger partial charge in [0, 0.05) is 11.6 Å². The predicted molar refractivity (Wildman–Crippen MR) is 61.9 cm³/mol. The molecule has 4 heteroatoms. The topological polar surface area (TPSA) is 35.2 Å². The van der Waals surface area contributed by atoms with Crippen LogP contribution >= 0.6 is 12.4 Å². The van der Waals surface area contributed by atoms with Gasteiger partial charge in [-0.15, -0.1) is 19.0 Å². The van der Waals surface area contributed by atoms with Crippen molar-refractivity contribution in [2.24, 2.45) is 5.73 Å². The number of rotatable bonds is 4. The summed E-state index contributed by atoms with van der Waals surface area (Å²) in [7, 11) is 1.43. The Labute approximate surface area is 95.3 Å². The number of benzene rings is 1. The molecule has 0 fully saturated rings. The van der Waals surface area contributed by atoms with Crippen molar-refractivity contribution in [3.63, 3.8) is 0 Å². The molecule has 1 aromatic rings. The molecule has 1 aromatic carbocycles. The lowest BCUT2D eigenvalue weighted by atomic mass is 10.0. The van der Waals surface area contributed by atoms with Crippen LogP contribution in [0, 0.1) is 5.82 Å². The summed E-state index contributed by atoms with van der Waals surface area (Å²) in [4.78, 5) is 0. The molecule has 0 bridgehead atoms. The van der Waals surface area contributed by atoms with Crippen molar-refractivity contribution >= 4 is 12.4 Å². The van der Waals surface area contributed by atoms with Crippen molar-refractivity contribution in [1.82, 2.24) is 0 Å². The summed E-state index contributed by atoms with van der Waals surface area (Å²) in [6.45, 7) is 3.56. The minimum atomic E-state index is -0.385. The molecule has 0 aliphatic heterocycles. The first-order valence-corrected chi connectivity index (χ1v) is 4.39. The van der Waals surface area contributed by atoms with Gasteiger partial charge in [-0.1, -0.05) is 18.2 Å². The van der Waals surface area contributed by atoms with Crippen LogP contribution in [0.15, 0.2) is 30.9 Å². The molecule has 0 unspecified atom stereocenters.